The van der Waals surface area contributed by atoms with Crippen molar-refractivity contribution < 1.29 is 9.18 Å². The van der Waals surface area contributed by atoms with E-state index in [1.54, 1.807) is 42.6 Å². The van der Waals surface area contributed by atoms with E-state index in [4.69, 9.17) is 0 Å². The molecule has 4 aromatic rings. The number of amides is 1. The van der Waals surface area contributed by atoms with Crippen LogP contribution in [0, 0.1) is 5.82 Å². The number of imidazole rings is 1. The molecule has 2 heterocycles. The normalized spacial score (nSPS) is 10.8. The molecule has 7 heteroatoms. The number of nitrogens with one attached hydrogen (secondary N) is 3. The Balaban J connectivity index is 1.63. The fourth-order valence-electron chi connectivity index (χ4n) is 2.73. The number of carbonyl (C=O) groups is 1. The molecule has 0 radical (unpaired) electrons. The van der Waals surface area contributed by atoms with Crippen LogP contribution in [0.5, 0.6) is 0 Å². The van der Waals surface area contributed by atoms with Crippen LogP contribution in [0.15, 0.2) is 65.6 Å². The Kier molecular flexibility index (Phi) is 3.81. The van der Waals surface area contributed by atoms with Crippen molar-refractivity contribution in [1.29, 1.82) is 0 Å². The van der Waals surface area contributed by atoms with Gasteiger partial charge in [0.1, 0.15) is 5.82 Å². The van der Waals surface area contributed by atoms with Gasteiger partial charge in [0, 0.05) is 17.0 Å². The van der Waals surface area contributed by atoms with Gasteiger partial charge in [0.2, 0.25) is 11.5 Å². The van der Waals surface area contributed by atoms with Crippen LogP contribution in [-0.4, -0.2) is 20.9 Å². The van der Waals surface area contributed by atoms with Crippen LogP contribution in [0.4, 0.5) is 10.3 Å². The summed E-state index contributed by atoms with van der Waals surface area (Å²) in [6.45, 7) is 0. The minimum atomic E-state index is -0.452. The first-order valence-corrected chi connectivity index (χ1v) is 7.84. The topological polar surface area (TPSA) is 90.6 Å². The number of para-hydroxylation sites is 1. The predicted molar refractivity (Wildman–Crippen MR) is 96.5 cm³/mol. The first-order chi connectivity index (χ1) is 12.6. The van der Waals surface area contributed by atoms with Crippen molar-refractivity contribution in [3.63, 3.8) is 0 Å². The van der Waals surface area contributed by atoms with Crippen LogP contribution in [0.25, 0.3) is 22.2 Å². The molecular weight excluding hydrogens is 335 g/mol. The Morgan fingerprint density at radius 1 is 1.04 bits per heavy atom. The number of rotatable bonds is 3. The minimum absolute atomic E-state index is 0.235. The average molecular weight is 348 g/mol. The highest BCUT2D eigenvalue weighted by atomic mass is 19.1. The van der Waals surface area contributed by atoms with Gasteiger partial charge < -0.3 is 9.97 Å². The summed E-state index contributed by atoms with van der Waals surface area (Å²) < 4.78 is 13.0. The molecule has 2 aromatic heterocycles. The number of H-pyrrole nitrogens is 2. The molecule has 0 fully saturated rings. The van der Waals surface area contributed by atoms with Gasteiger partial charge in [-0.2, -0.15) is 0 Å². The summed E-state index contributed by atoms with van der Waals surface area (Å²) in [6, 6.07) is 14.2. The molecule has 0 aliphatic heterocycles. The molecule has 0 saturated heterocycles. The van der Waals surface area contributed by atoms with Crippen molar-refractivity contribution in [3.8, 4) is 11.3 Å². The van der Waals surface area contributed by atoms with Crippen LogP contribution in [0.2, 0.25) is 0 Å². The Hall–Kier alpha value is -3.74. The van der Waals surface area contributed by atoms with Gasteiger partial charge in [-0.1, -0.05) is 18.2 Å². The van der Waals surface area contributed by atoms with E-state index in [2.05, 4.69) is 20.3 Å². The number of nitrogens with zero attached hydrogens (tertiary/aromatic N) is 1. The lowest BCUT2D eigenvalue weighted by molar-refractivity contribution is 0.102. The monoisotopic (exact) mass is 348 g/mol. The molecule has 0 atom stereocenters. The Bertz CT molecular complexity index is 1160. The van der Waals surface area contributed by atoms with E-state index in [0.29, 0.717) is 16.6 Å². The van der Waals surface area contributed by atoms with Gasteiger partial charge >= 0.3 is 0 Å². The van der Waals surface area contributed by atoms with Crippen molar-refractivity contribution in [1.82, 2.24) is 15.0 Å². The fraction of sp³-hybridized carbons (Fsp3) is 0. The highest BCUT2D eigenvalue weighted by Crippen LogP contribution is 2.20. The van der Waals surface area contributed by atoms with E-state index in [1.165, 1.54) is 18.2 Å². The number of benzene rings is 2. The molecule has 2 aromatic carbocycles. The number of halogens is 1. The summed E-state index contributed by atoms with van der Waals surface area (Å²) in [7, 11) is 0. The molecule has 3 N–H and O–H groups in total. The van der Waals surface area contributed by atoms with Crippen LogP contribution < -0.4 is 10.9 Å². The van der Waals surface area contributed by atoms with Gasteiger partial charge in [-0.05, 0) is 35.9 Å². The quantitative estimate of drug-likeness (QED) is 0.530. The maximum Gasteiger partial charge on any atom is 0.258 e. The van der Waals surface area contributed by atoms with Crippen LogP contribution in [0.3, 0.4) is 0 Å². The van der Waals surface area contributed by atoms with Gasteiger partial charge in [0.25, 0.3) is 5.91 Å². The lowest BCUT2D eigenvalue weighted by atomic mass is 10.1. The van der Waals surface area contributed by atoms with Crippen molar-refractivity contribution in [2.24, 2.45) is 0 Å². The predicted octanol–water partition coefficient (Wildman–Crippen LogP) is 3.31. The highest BCUT2D eigenvalue weighted by Gasteiger charge is 2.13. The molecule has 0 spiro atoms. The zero-order chi connectivity index (χ0) is 18.1. The summed E-state index contributed by atoms with van der Waals surface area (Å²) in [5, 5.41) is 3.28. The third-order valence-corrected chi connectivity index (χ3v) is 3.96. The summed E-state index contributed by atoms with van der Waals surface area (Å²) in [5.41, 5.74) is 1.85. The fourth-order valence-corrected chi connectivity index (χ4v) is 2.73. The lowest BCUT2D eigenvalue weighted by Gasteiger charge is -2.06. The largest absolute Gasteiger partial charge is 0.324 e. The Labute approximate surface area is 146 Å². The van der Waals surface area contributed by atoms with Crippen molar-refractivity contribution in [2.45, 2.75) is 0 Å². The van der Waals surface area contributed by atoms with Crippen LogP contribution in [0.1, 0.15) is 10.4 Å². The smallest absolute Gasteiger partial charge is 0.258 e. The number of aromatic nitrogens is 3. The maximum absolute atomic E-state index is 13.0. The number of hydrogen-bond donors (Lipinski definition) is 3. The zero-order valence-corrected chi connectivity index (χ0v) is 13.4. The third kappa shape index (κ3) is 2.98. The highest BCUT2D eigenvalue weighted by molar-refractivity contribution is 6.11. The molecule has 0 saturated carbocycles. The Morgan fingerprint density at radius 2 is 1.81 bits per heavy atom. The number of carbonyl (C=O) groups excluding carboxylic acids is 1. The number of pyridine rings is 1. The summed E-state index contributed by atoms with van der Waals surface area (Å²) in [5.74, 6) is -0.547. The van der Waals surface area contributed by atoms with Gasteiger partial charge in [-0.3, -0.25) is 14.9 Å². The van der Waals surface area contributed by atoms with E-state index in [0.717, 1.165) is 5.56 Å². The number of fused-ring (bicyclic) bond motifs is 1. The standard InChI is InChI=1S/C19H13FN4O2/c20-12-7-5-11(6-8-12)16-10-21-19(23-16)24-18(26)14-9-17(25)22-15-4-2-1-3-13(14)15/h1-10H,(H,22,25)(H2,21,23,24,26). The molecule has 6 nitrogen and oxygen atoms in total. The second-order valence-electron chi connectivity index (χ2n) is 5.70. The zero-order valence-electron chi connectivity index (χ0n) is 13.4. The first-order valence-electron chi connectivity index (χ1n) is 7.84. The SMILES string of the molecule is O=C(Nc1ncc(-c2ccc(F)cc2)[nH]1)c1cc(=O)[nH]c2ccccc12. The summed E-state index contributed by atoms with van der Waals surface area (Å²) in [6.07, 6.45) is 1.54. The molecule has 0 unspecified atom stereocenters. The van der Waals surface area contributed by atoms with Crippen molar-refractivity contribution in [2.75, 3.05) is 5.32 Å². The molecule has 0 bridgehead atoms. The number of aromatic amines is 2. The van der Waals surface area contributed by atoms with Crippen LogP contribution >= 0.6 is 0 Å². The minimum Gasteiger partial charge on any atom is -0.324 e. The van der Waals surface area contributed by atoms with E-state index in [1.807, 2.05) is 0 Å². The molecule has 0 aliphatic carbocycles. The summed E-state index contributed by atoms with van der Waals surface area (Å²) >= 11 is 0. The number of hydrogen-bond acceptors (Lipinski definition) is 3. The molecule has 1 amide bonds. The van der Waals surface area contributed by atoms with Gasteiger partial charge in [-0.25, -0.2) is 9.37 Å². The van der Waals surface area contributed by atoms with E-state index >= 15 is 0 Å². The molecular formula is C19H13FN4O2. The van der Waals surface area contributed by atoms with Gasteiger partial charge in [0.15, 0.2) is 0 Å². The molecule has 4 rings (SSSR count). The van der Waals surface area contributed by atoms with Gasteiger partial charge in [-0.15, -0.1) is 0 Å². The third-order valence-electron chi connectivity index (χ3n) is 3.96. The average Bonchev–Trinajstić information content (AvgIpc) is 3.10. The second kappa shape index (κ2) is 6.29. The Morgan fingerprint density at radius 3 is 2.62 bits per heavy atom. The number of anilines is 1. The van der Waals surface area contributed by atoms with Crippen LogP contribution in [-0.2, 0) is 0 Å². The molecule has 0 aliphatic rings. The van der Waals surface area contributed by atoms with Crippen molar-refractivity contribution in [3.05, 3.63) is 82.5 Å². The maximum atomic E-state index is 13.0. The first kappa shape index (κ1) is 15.8. The summed E-state index contributed by atoms with van der Waals surface area (Å²) in [4.78, 5) is 34.2. The van der Waals surface area contributed by atoms with E-state index < -0.39 is 5.91 Å². The van der Waals surface area contributed by atoms with Crippen molar-refractivity contribution >= 4 is 22.8 Å². The molecule has 128 valence electrons. The van der Waals surface area contributed by atoms with E-state index in [9.17, 15) is 14.0 Å². The van der Waals surface area contributed by atoms with Gasteiger partial charge in [0.05, 0.1) is 17.5 Å². The molecule has 26 heavy (non-hydrogen) atoms. The van der Waals surface area contributed by atoms with E-state index in [-0.39, 0.29) is 22.9 Å². The second-order valence-corrected chi connectivity index (χ2v) is 5.70. The lowest BCUT2D eigenvalue weighted by Crippen LogP contribution is -2.17.